The molecule has 0 unspecified atom stereocenters. The Balaban J connectivity index is 2.47. The second kappa shape index (κ2) is 8.53. The van der Waals surface area contributed by atoms with Gasteiger partial charge < -0.3 is 14.8 Å². The lowest BCUT2D eigenvalue weighted by Gasteiger charge is -2.16. The van der Waals surface area contributed by atoms with E-state index in [0.717, 1.165) is 12.1 Å². The number of carbonyl (C=O) groups is 1. The van der Waals surface area contributed by atoms with Crippen LogP contribution in [-0.2, 0) is 4.74 Å². The molecule has 0 heterocycles. The van der Waals surface area contributed by atoms with Crippen LogP contribution >= 0.6 is 12.2 Å². The Labute approximate surface area is 136 Å². The fourth-order valence-electron chi connectivity index (χ4n) is 1.55. The summed E-state index contributed by atoms with van der Waals surface area (Å²) in [6.07, 6.45) is -4.78. The molecule has 1 atom stereocenters. The fraction of sp³-hybridized carbons (Fsp3) is 0.385. The summed E-state index contributed by atoms with van der Waals surface area (Å²) in [5.74, 6) is -0.973. The van der Waals surface area contributed by atoms with Gasteiger partial charge >= 0.3 is 6.36 Å². The predicted octanol–water partition coefficient (Wildman–Crippen LogP) is 1.73. The maximum absolute atomic E-state index is 12.0. The molecule has 0 aliphatic rings. The summed E-state index contributed by atoms with van der Waals surface area (Å²) in [6, 6.07) is 4.42. The molecule has 23 heavy (non-hydrogen) atoms. The molecule has 6 nitrogen and oxygen atoms in total. The highest BCUT2D eigenvalue weighted by atomic mass is 32.1. The largest absolute Gasteiger partial charge is 0.573 e. The van der Waals surface area contributed by atoms with E-state index >= 15 is 0 Å². The number of alkyl halides is 3. The third-order valence-corrected chi connectivity index (χ3v) is 2.65. The van der Waals surface area contributed by atoms with Gasteiger partial charge in [0.2, 0.25) is 0 Å². The first-order valence-corrected chi connectivity index (χ1v) is 6.83. The van der Waals surface area contributed by atoms with Crippen LogP contribution in [0.3, 0.4) is 0 Å². The molecule has 0 aromatic heterocycles. The second-order valence-electron chi connectivity index (χ2n) is 4.48. The number of benzene rings is 1. The van der Waals surface area contributed by atoms with E-state index in [-0.39, 0.29) is 16.7 Å². The number of nitrogens with one attached hydrogen (secondary N) is 3. The molecule has 0 spiro atoms. The molecule has 0 saturated heterocycles. The van der Waals surface area contributed by atoms with Gasteiger partial charge in [0, 0.05) is 18.7 Å². The molecule has 0 radical (unpaired) electrons. The average molecular weight is 351 g/mol. The quantitative estimate of drug-likeness (QED) is 0.554. The summed E-state index contributed by atoms with van der Waals surface area (Å²) in [4.78, 5) is 11.8. The molecular formula is C13H16F3N3O3S. The van der Waals surface area contributed by atoms with Gasteiger partial charge in [0.25, 0.3) is 5.91 Å². The van der Waals surface area contributed by atoms with E-state index in [9.17, 15) is 18.0 Å². The lowest BCUT2D eigenvalue weighted by Crippen LogP contribution is -2.49. The summed E-state index contributed by atoms with van der Waals surface area (Å²) in [5, 5.41) is 3.04. The summed E-state index contributed by atoms with van der Waals surface area (Å²) >= 11 is 4.96. The molecule has 128 valence electrons. The summed E-state index contributed by atoms with van der Waals surface area (Å²) in [5.41, 5.74) is 4.93. The predicted molar refractivity (Wildman–Crippen MR) is 80.8 cm³/mol. The van der Waals surface area contributed by atoms with Gasteiger partial charge in [0.1, 0.15) is 5.75 Å². The van der Waals surface area contributed by atoms with E-state index in [4.69, 9.17) is 17.0 Å². The van der Waals surface area contributed by atoms with Crippen LogP contribution in [0.1, 0.15) is 17.3 Å². The van der Waals surface area contributed by atoms with Crippen LogP contribution < -0.4 is 20.9 Å². The number of thiocarbonyl (C=S) groups is 1. The van der Waals surface area contributed by atoms with Crippen molar-refractivity contribution >= 4 is 23.2 Å². The lowest BCUT2D eigenvalue weighted by molar-refractivity contribution is -0.274. The minimum atomic E-state index is -4.78. The Bertz CT molecular complexity index is 538. The summed E-state index contributed by atoms with van der Waals surface area (Å²) < 4.78 is 44.7. The summed E-state index contributed by atoms with van der Waals surface area (Å²) in [6.45, 7) is 2.26. The Morgan fingerprint density at radius 2 is 1.87 bits per heavy atom. The molecule has 0 fully saturated rings. The monoisotopic (exact) mass is 351 g/mol. The average Bonchev–Trinajstić information content (AvgIpc) is 2.44. The number of amides is 1. The van der Waals surface area contributed by atoms with Crippen molar-refractivity contribution in [3.63, 3.8) is 0 Å². The van der Waals surface area contributed by atoms with Crippen LogP contribution in [-0.4, -0.2) is 37.1 Å². The number of methoxy groups -OCH3 is 1. The van der Waals surface area contributed by atoms with Gasteiger partial charge in [0.05, 0.1) is 6.61 Å². The van der Waals surface area contributed by atoms with E-state index in [1.54, 1.807) is 7.11 Å². The van der Waals surface area contributed by atoms with Crippen LogP contribution in [0.4, 0.5) is 13.2 Å². The van der Waals surface area contributed by atoms with Gasteiger partial charge in [-0.25, -0.2) is 0 Å². The number of carbonyl (C=O) groups excluding carboxylic acids is 1. The van der Waals surface area contributed by atoms with Gasteiger partial charge in [-0.3, -0.25) is 15.6 Å². The standard InChI is InChI=1S/C13H16F3N3O3S/c1-8(7-21-2)17-12(23)19-18-11(20)9-3-5-10(6-4-9)22-13(14,15)16/h3-6,8H,7H2,1-2H3,(H,18,20)(H2,17,19,23)/t8-/m0/s1. The SMILES string of the molecule is COC[C@H](C)NC(=S)NNC(=O)c1ccc(OC(F)(F)F)cc1. The molecule has 1 amide bonds. The number of hydrogen-bond acceptors (Lipinski definition) is 4. The molecule has 10 heteroatoms. The second-order valence-corrected chi connectivity index (χ2v) is 4.89. The number of hydrogen-bond donors (Lipinski definition) is 3. The van der Waals surface area contributed by atoms with Gasteiger partial charge in [-0.15, -0.1) is 13.2 Å². The maximum atomic E-state index is 12.0. The van der Waals surface area contributed by atoms with Crippen LogP contribution in [0.25, 0.3) is 0 Å². The van der Waals surface area contributed by atoms with Crippen LogP contribution in [0, 0.1) is 0 Å². The topological polar surface area (TPSA) is 71.6 Å². The third kappa shape index (κ3) is 7.66. The molecular weight excluding hydrogens is 335 g/mol. The number of ether oxygens (including phenoxy) is 2. The molecule has 3 N–H and O–H groups in total. The lowest BCUT2D eigenvalue weighted by atomic mass is 10.2. The van der Waals surface area contributed by atoms with Crippen molar-refractivity contribution in [3.8, 4) is 5.75 Å². The molecule has 0 aliphatic heterocycles. The van der Waals surface area contributed by atoms with Crippen molar-refractivity contribution in [2.45, 2.75) is 19.3 Å². The smallest absolute Gasteiger partial charge is 0.406 e. The van der Waals surface area contributed by atoms with Gasteiger partial charge in [-0.1, -0.05) is 0 Å². The first-order chi connectivity index (χ1) is 10.7. The number of hydrazine groups is 1. The van der Waals surface area contributed by atoms with Gasteiger partial charge in [-0.05, 0) is 43.4 Å². The van der Waals surface area contributed by atoms with Crippen molar-refractivity contribution in [2.75, 3.05) is 13.7 Å². The Hall–Kier alpha value is -2.07. The Kier molecular flexibility index (Phi) is 7.04. The maximum Gasteiger partial charge on any atom is 0.573 e. The first kappa shape index (κ1) is 19.0. The highest BCUT2D eigenvalue weighted by molar-refractivity contribution is 7.80. The minimum Gasteiger partial charge on any atom is -0.406 e. The van der Waals surface area contributed by atoms with Crippen molar-refractivity contribution in [1.82, 2.24) is 16.2 Å². The fourth-order valence-corrected chi connectivity index (χ4v) is 1.80. The highest BCUT2D eigenvalue weighted by Crippen LogP contribution is 2.22. The van der Waals surface area contributed by atoms with Crippen molar-refractivity contribution in [3.05, 3.63) is 29.8 Å². The van der Waals surface area contributed by atoms with E-state index in [2.05, 4.69) is 20.9 Å². The van der Waals surface area contributed by atoms with Crippen molar-refractivity contribution in [2.24, 2.45) is 0 Å². The zero-order valence-corrected chi connectivity index (χ0v) is 13.2. The highest BCUT2D eigenvalue weighted by Gasteiger charge is 2.31. The van der Waals surface area contributed by atoms with E-state index < -0.39 is 18.0 Å². The van der Waals surface area contributed by atoms with Crippen LogP contribution in [0.2, 0.25) is 0 Å². The third-order valence-electron chi connectivity index (χ3n) is 2.43. The molecule has 0 saturated carbocycles. The molecule has 0 aliphatic carbocycles. The van der Waals surface area contributed by atoms with Crippen LogP contribution in [0.5, 0.6) is 5.75 Å². The van der Waals surface area contributed by atoms with Gasteiger partial charge in [0.15, 0.2) is 5.11 Å². The van der Waals surface area contributed by atoms with Crippen molar-refractivity contribution in [1.29, 1.82) is 0 Å². The van der Waals surface area contributed by atoms with E-state index in [1.807, 2.05) is 6.92 Å². The van der Waals surface area contributed by atoms with E-state index in [0.29, 0.717) is 6.61 Å². The molecule has 1 aromatic carbocycles. The Morgan fingerprint density at radius 1 is 1.26 bits per heavy atom. The first-order valence-electron chi connectivity index (χ1n) is 6.43. The Morgan fingerprint density at radius 3 is 2.39 bits per heavy atom. The zero-order valence-electron chi connectivity index (χ0n) is 12.4. The summed E-state index contributed by atoms with van der Waals surface area (Å²) in [7, 11) is 1.54. The van der Waals surface area contributed by atoms with Crippen molar-refractivity contribution < 1.29 is 27.4 Å². The molecule has 0 bridgehead atoms. The molecule has 1 rings (SSSR count). The zero-order chi connectivity index (χ0) is 17.5. The molecule has 1 aromatic rings. The van der Waals surface area contributed by atoms with Crippen LogP contribution in [0.15, 0.2) is 24.3 Å². The normalized spacial score (nSPS) is 12.2. The number of halogens is 3. The van der Waals surface area contributed by atoms with Gasteiger partial charge in [-0.2, -0.15) is 0 Å². The van der Waals surface area contributed by atoms with E-state index in [1.165, 1.54) is 12.1 Å². The minimum absolute atomic E-state index is 0.0595. The number of rotatable bonds is 5.